The maximum atomic E-state index is 8.41. The molecule has 0 aliphatic heterocycles. The molecule has 0 aromatic heterocycles. The Morgan fingerprint density at radius 3 is 2.58 bits per heavy atom. The Balaban J connectivity index is 1.85. The van der Waals surface area contributed by atoms with Crippen molar-refractivity contribution in [3.8, 4) is 5.75 Å². The lowest BCUT2D eigenvalue weighted by molar-refractivity contribution is 0.209. The van der Waals surface area contributed by atoms with E-state index in [1.54, 1.807) is 0 Å². The summed E-state index contributed by atoms with van der Waals surface area (Å²) in [4.78, 5) is 2.83. The molecule has 1 fully saturated rings. The molecule has 1 aromatic rings. The average Bonchev–Trinajstić information content (AvgIpc) is 2.47. The maximum absolute atomic E-state index is 8.41. The quantitative estimate of drug-likeness (QED) is 0.416. The summed E-state index contributed by atoms with van der Waals surface area (Å²) in [6, 6.07) is 7.73. The van der Waals surface area contributed by atoms with Gasteiger partial charge in [-0.3, -0.25) is 0 Å². The summed E-state index contributed by atoms with van der Waals surface area (Å²) in [7, 11) is 0. The van der Waals surface area contributed by atoms with Crippen LogP contribution < -0.4 is 4.74 Å². The van der Waals surface area contributed by atoms with Crippen molar-refractivity contribution in [3.05, 3.63) is 40.3 Å². The molecule has 1 aliphatic carbocycles. The molecule has 0 bridgehead atoms. The lowest BCUT2D eigenvalue weighted by Gasteiger charge is -2.21. The van der Waals surface area contributed by atoms with Crippen molar-refractivity contribution < 1.29 is 4.74 Å². The van der Waals surface area contributed by atoms with E-state index in [0.29, 0.717) is 0 Å². The first-order valence-corrected chi connectivity index (χ1v) is 7.06. The van der Waals surface area contributed by atoms with Gasteiger partial charge in [-0.2, -0.15) is 0 Å². The predicted octanol–water partition coefficient (Wildman–Crippen LogP) is 5.02. The number of hydrogen-bond donors (Lipinski definition) is 0. The third-order valence-electron chi connectivity index (χ3n) is 3.80. The van der Waals surface area contributed by atoms with E-state index in [1.165, 1.54) is 32.1 Å². The second-order valence-electron chi connectivity index (χ2n) is 5.26. The molecule has 0 N–H and O–H groups in total. The SMILES string of the molecule is CC(N=[N+]=[N-])c1ccc(OCC2CCCCC2)cc1. The van der Waals surface area contributed by atoms with Gasteiger partial charge in [-0.1, -0.05) is 43.4 Å². The number of azide groups is 1. The molecule has 4 heteroatoms. The summed E-state index contributed by atoms with van der Waals surface area (Å²) in [5.41, 5.74) is 9.43. The second kappa shape index (κ2) is 7.05. The van der Waals surface area contributed by atoms with Gasteiger partial charge in [0.15, 0.2) is 0 Å². The normalized spacial score (nSPS) is 17.5. The summed E-state index contributed by atoms with van der Waals surface area (Å²) in [5, 5.41) is 3.68. The average molecular weight is 259 g/mol. The van der Waals surface area contributed by atoms with Crippen LogP contribution in [0.1, 0.15) is 50.6 Å². The number of ether oxygens (including phenoxy) is 1. The van der Waals surface area contributed by atoms with Crippen molar-refractivity contribution >= 4 is 0 Å². The van der Waals surface area contributed by atoms with E-state index in [1.807, 2.05) is 31.2 Å². The Hall–Kier alpha value is -1.67. The van der Waals surface area contributed by atoms with Gasteiger partial charge in [0.1, 0.15) is 5.75 Å². The molecule has 0 heterocycles. The largest absolute Gasteiger partial charge is 0.493 e. The third kappa shape index (κ3) is 4.18. The van der Waals surface area contributed by atoms with Crippen molar-refractivity contribution in [2.24, 2.45) is 11.0 Å². The zero-order valence-electron chi connectivity index (χ0n) is 11.5. The van der Waals surface area contributed by atoms with Crippen molar-refractivity contribution in [2.45, 2.75) is 45.1 Å². The molecule has 1 atom stereocenters. The Morgan fingerprint density at radius 1 is 1.26 bits per heavy atom. The first kappa shape index (κ1) is 13.8. The fraction of sp³-hybridized carbons (Fsp3) is 0.600. The van der Waals surface area contributed by atoms with Crippen molar-refractivity contribution in [3.63, 3.8) is 0 Å². The molecule has 4 nitrogen and oxygen atoms in total. The van der Waals surface area contributed by atoms with Crippen LogP contribution in [0.3, 0.4) is 0 Å². The van der Waals surface area contributed by atoms with Gasteiger partial charge in [0.25, 0.3) is 0 Å². The third-order valence-corrected chi connectivity index (χ3v) is 3.80. The van der Waals surface area contributed by atoms with Gasteiger partial charge in [-0.15, -0.1) is 0 Å². The van der Waals surface area contributed by atoms with Gasteiger partial charge in [0.2, 0.25) is 0 Å². The number of rotatable bonds is 5. The van der Waals surface area contributed by atoms with Crippen LogP contribution in [0.25, 0.3) is 10.4 Å². The standard InChI is InChI=1S/C15H21N3O/c1-12(17-18-16)14-7-9-15(10-8-14)19-11-13-5-3-2-4-6-13/h7-10,12-13H,2-6,11H2,1H3. The van der Waals surface area contributed by atoms with Crippen molar-refractivity contribution in [1.82, 2.24) is 0 Å². The lowest BCUT2D eigenvalue weighted by atomic mass is 9.90. The minimum absolute atomic E-state index is 0.127. The van der Waals surface area contributed by atoms with Crippen LogP contribution in [0.5, 0.6) is 5.75 Å². The Bertz CT molecular complexity index is 431. The number of benzene rings is 1. The van der Waals surface area contributed by atoms with E-state index in [4.69, 9.17) is 10.3 Å². The molecule has 1 saturated carbocycles. The van der Waals surface area contributed by atoms with Crippen LogP contribution in [0, 0.1) is 5.92 Å². The van der Waals surface area contributed by atoms with Crippen LogP contribution in [0.4, 0.5) is 0 Å². The monoisotopic (exact) mass is 259 g/mol. The van der Waals surface area contributed by atoms with E-state index in [-0.39, 0.29) is 6.04 Å². The molecule has 2 rings (SSSR count). The van der Waals surface area contributed by atoms with Gasteiger partial charge in [-0.25, -0.2) is 0 Å². The summed E-state index contributed by atoms with van der Waals surface area (Å²) >= 11 is 0. The van der Waals surface area contributed by atoms with E-state index < -0.39 is 0 Å². The van der Waals surface area contributed by atoms with Gasteiger partial charge in [-0.05, 0) is 42.0 Å². The van der Waals surface area contributed by atoms with Gasteiger partial charge in [0.05, 0.1) is 12.6 Å². The van der Waals surface area contributed by atoms with E-state index in [9.17, 15) is 0 Å². The molecule has 0 saturated heterocycles. The minimum Gasteiger partial charge on any atom is -0.493 e. The topological polar surface area (TPSA) is 58.0 Å². The molecular formula is C15H21N3O. The Morgan fingerprint density at radius 2 is 1.95 bits per heavy atom. The fourth-order valence-corrected chi connectivity index (χ4v) is 2.55. The molecule has 1 unspecified atom stereocenters. The van der Waals surface area contributed by atoms with Crippen molar-refractivity contribution in [2.75, 3.05) is 6.61 Å². The first-order valence-electron chi connectivity index (χ1n) is 7.06. The van der Waals surface area contributed by atoms with Crippen LogP contribution in [0.15, 0.2) is 29.4 Å². The molecule has 102 valence electrons. The lowest BCUT2D eigenvalue weighted by Crippen LogP contribution is -2.15. The van der Waals surface area contributed by atoms with Crippen LogP contribution in [0.2, 0.25) is 0 Å². The molecule has 1 aliphatic rings. The highest BCUT2D eigenvalue weighted by Crippen LogP contribution is 2.25. The van der Waals surface area contributed by atoms with E-state index >= 15 is 0 Å². The smallest absolute Gasteiger partial charge is 0.119 e. The molecular weight excluding hydrogens is 238 g/mol. The molecule has 0 radical (unpaired) electrons. The molecule has 1 aromatic carbocycles. The van der Waals surface area contributed by atoms with Gasteiger partial charge >= 0.3 is 0 Å². The van der Waals surface area contributed by atoms with Crippen LogP contribution >= 0.6 is 0 Å². The van der Waals surface area contributed by atoms with Gasteiger partial charge < -0.3 is 4.74 Å². The Kier molecular flexibility index (Phi) is 5.10. The second-order valence-corrected chi connectivity index (χ2v) is 5.26. The fourth-order valence-electron chi connectivity index (χ4n) is 2.55. The van der Waals surface area contributed by atoms with Gasteiger partial charge in [0, 0.05) is 4.91 Å². The first-order chi connectivity index (χ1) is 9.29. The summed E-state index contributed by atoms with van der Waals surface area (Å²) < 4.78 is 5.84. The summed E-state index contributed by atoms with van der Waals surface area (Å²) in [6.45, 7) is 2.71. The minimum atomic E-state index is -0.127. The number of hydrogen-bond acceptors (Lipinski definition) is 2. The highest BCUT2D eigenvalue weighted by molar-refractivity contribution is 5.29. The van der Waals surface area contributed by atoms with Crippen LogP contribution in [-0.4, -0.2) is 6.61 Å². The predicted molar refractivity (Wildman–Crippen MR) is 76.1 cm³/mol. The zero-order chi connectivity index (χ0) is 13.5. The molecule has 19 heavy (non-hydrogen) atoms. The zero-order valence-corrected chi connectivity index (χ0v) is 11.5. The highest BCUT2D eigenvalue weighted by Gasteiger charge is 2.13. The molecule has 0 amide bonds. The molecule has 0 spiro atoms. The summed E-state index contributed by atoms with van der Waals surface area (Å²) in [6.07, 6.45) is 6.66. The van der Waals surface area contributed by atoms with E-state index in [2.05, 4.69) is 10.0 Å². The number of nitrogens with zero attached hydrogens (tertiary/aromatic N) is 3. The highest BCUT2D eigenvalue weighted by atomic mass is 16.5. The summed E-state index contributed by atoms with van der Waals surface area (Å²) in [5.74, 6) is 1.62. The van der Waals surface area contributed by atoms with Crippen molar-refractivity contribution in [1.29, 1.82) is 0 Å². The Labute approximate surface area is 114 Å². The van der Waals surface area contributed by atoms with E-state index in [0.717, 1.165) is 23.8 Å². The van der Waals surface area contributed by atoms with Crippen LogP contribution in [-0.2, 0) is 0 Å². The maximum Gasteiger partial charge on any atom is 0.119 e.